The van der Waals surface area contributed by atoms with Crippen molar-refractivity contribution in [2.24, 2.45) is 5.73 Å². The highest BCUT2D eigenvalue weighted by atomic mass is 16.6. The van der Waals surface area contributed by atoms with Gasteiger partial charge in [0.2, 0.25) is 5.91 Å². The number of hydroxylamine groups is 1. The average Bonchev–Trinajstić information content (AvgIpc) is 2.14. The number of nitrogens with one attached hydrogen (secondary N) is 1. The maximum atomic E-state index is 10.3. The van der Waals surface area contributed by atoms with Crippen LogP contribution in [0.4, 0.5) is 0 Å². The normalized spacial score (nSPS) is 22.9. The van der Waals surface area contributed by atoms with Crippen molar-refractivity contribution in [2.75, 3.05) is 19.8 Å². The highest BCUT2D eigenvalue weighted by Gasteiger charge is 2.12. The maximum Gasteiger partial charge on any atom is 0.245 e. The number of amides is 1. The van der Waals surface area contributed by atoms with Crippen LogP contribution in [0.2, 0.25) is 0 Å². The highest BCUT2D eigenvalue weighted by Crippen LogP contribution is 2.11. The van der Waals surface area contributed by atoms with Crippen molar-refractivity contribution < 1.29 is 14.4 Å². The van der Waals surface area contributed by atoms with Crippen molar-refractivity contribution in [1.29, 1.82) is 0 Å². The van der Waals surface area contributed by atoms with Gasteiger partial charge in [-0.25, -0.2) is 0 Å². The number of rotatable bonds is 5. The van der Waals surface area contributed by atoms with E-state index >= 15 is 0 Å². The first-order valence-corrected chi connectivity index (χ1v) is 4.53. The molecule has 13 heavy (non-hydrogen) atoms. The molecular formula is C8H16N2O3. The van der Waals surface area contributed by atoms with Crippen molar-refractivity contribution in [2.45, 2.75) is 25.4 Å². The minimum Gasteiger partial charge on any atom is -0.377 e. The fraction of sp³-hybridized carbons (Fsp3) is 0.875. The fourth-order valence-electron chi connectivity index (χ4n) is 1.24. The average molecular weight is 188 g/mol. The summed E-state index contributed by atoms with van der Waals surface area (Å²) in [7, 11) is 0. The summed E-state index contributed by atoms with van der Waals surface area (Å²) in [6, 6.07) is 0. The summed E-state index contributed by atoms with van der Waals surface area (Å²) in [5.41, 5.74) is 7.54. The van der Waals surface area contributed by atoms with E-state index in [0.717, 1.165) is 19.4 Å². The van der Waals surface area contributed by atoms with Crippen molar-refractivity contribution >= 4 is 5.91 Å². The number of ether oxygens (including phenoxy) is 1. The van der Waals surface area contributed by atoms with Gasteiger partial charge in [-0.1, -0.05) is 0 Å². The third kappa shape index (κ3) is 4.82. The largest absolute Gasteiger partial charge is 0.377 e. The fourth-order valence-corrected chi connectivity index (χ4v) is 1.24. The first-order chi connectivity index (χ1) is 6.29. The first-order valence-electron chi connectivity index (χ1n) is 4.53. The van der Waals surface area contributed by atoms with Gasteiger partial charge in [-0.15, -0.1) is 0 Å². The molecule has 0 bridgehead atoms. The molecule has 0 aromatic heterocycles. The van der Waals surface area contributed by atoms with E-state index in [1.165, 1.54) is 6.42 Å². The summed E-state index contributed by atoms with van der Waals surface area (Å²) in [5.74, 6) is -0.475. The molecule has 3 N–H and O–H groups in total. The van der Waals surface area contributed by atoms with Crippen LogP contribution in [0.3, 0.4) is 0 Å². The molecule has 0 spiro atoms. The van der Waals surface area contributed by atoms with Gasteiger partial charge < -0.3 is 10.5 Å². The summed E-state index contributed by atoms with van der Waals surface area (Å²) < 4.78 is 5.43. The van der Waals surface area contributed by atoms with Gasteiger partial charge in [0, 0.05) is 13.2 Å². The van der Waals surface area contributed by atoms with E-state index in [0.29, 0.717) is 6.54 Å². The number of carbonyl (C=O) groups is 1. The lowest BCUT2D eigenvalue weighted by atomic mass is 10.1. The van der Waals surface area contributed by atoms with Gasteiger partial charge in [-0.05, 0) is 19.3 Å². The lowest BCUT2D eigenvalue weighted by Gasteiger charge is -2.22. The van der Waals surface area contributed by atoms with Crippen LogP contribution in [0, 0.1) is 0 Å². The van der Waals surface area contributed by atoms with Crippen LogP contribution in [0.1, 0.15) is 19.3 Å². The Morgan fingerprint density at radius 3 is 3.08 bits per heavy atom. The smallest absolute Gasteiger partial charge is 0.245 e. The topological polar surface area (TPSA) is 73.6 Å². The molecule has 0 radical (unpaired) electrons. The molecule has 0 aromatic rings. The molecule has 1 amide bonds. The van der Waals surface area contributed by atoms with Crippen LogP contribution in [0.15, 0.2) is 0 Å². The predicted molar refractivity (Wildman–Crippen MR) is 46.7 cm³/mol. The molecular weight excluding hydrogens is 172 g/mol. The van der Waals surface area contributed by atoms with Gasteiger partial charge in [-0.3, -0.25) is 9.63 Å². The number of nitrogens with two attached hydrogens (primary N) is 1. The van der Waals surface area contributed by atoms with Crippen molar-refractivity contribution in [3.8, 4) is 0 Å². The zero-order chi connectivity index (χ0) is 9.52. The van der Waals surface area contributed by atoms with Crippen LogP contribution in [0.25, 0.3) is 0 Å². The second-order valence-electron chi connectivity index (χ2n) is 3.09. The molecule has 76 valence electrons. The number of primary amides is 1. The van der Waals surface area contributed by atoms with Crippen LogP contribution in [0.5, 0.6) is 0 Å². The van der Waals surface area contributed by atoms with Crippen LogP contribution in [-0.2, 0) is 14.4 Å². The van der Waals surface area contributed by atoms with Crippen molar-refractivity contribution in [1.82, 2.24) is 5.48 Å². The Morgan fingerprint density at radius 1 is 1.62 bits per heavy atom. The zero-order valence-corrected chi connectivity index (χ0v) is 7.62. The molecule has 0 saturated carbocycles. The summed E-state index contributed by atoms with van der Waals surface area (Å²) in [5, 5.41) is 0. The summed E-state index contributed by atoms with van der Waals surface area (Å²) in [4.78, 5) is 15.1. The molecule has 0 aliphatic carbocycles. The van der Waals surface area contributed by atoms with Crippen molar-refractivity contribution in [3.63, 3.8) is 0 Å². The summed E-state index contributed by atoms with van der Waals surface area (Å²) >= 11 is 0. The van der Waals surface area contributed by atoms with E-state index in [-0.39, 0.29) is 12.7 Å². The molecule has 1 aliphatic heterocycles. The Hall–Kier alpha value is -0.650. The Balaban J connectivity index is 1.95. The molecule has 1 unspecified atom stereocenters. The second kappa shape index (κ2) is 5.90. The quantitative estimate of drug-likeness (QED) is 0.453. The summed E-state index contributed by atoms with van der Waals surface area (Å²) in [6.07, 6.45) is 3.59. The zero-order valence-electron chi connectivity index (χ0n) is 7.62. The van der Waals surface area contributed by atoms with E-state index in [4.69, 9.17) is 15.3 Å². The number of hydrogen-bond acceptors (Lipinski definition) is 4. The maximum absolute atomic E-state index is 10.3. The summed E-state index contributed by atoms with van der Waals surface area (Å²) in [6.45, 7) is 1.35. The first kappa shape index (κ1) is 10.4. The Labute approximate surface area is 77.5 Å². The lowest BCUT2D eigenvalue weighted by molar-refractivity contribution is -0.126. The third-order valence-corrected chi connectivity index (χ3v) is 1.90. The van der Waals surface area contributed by atoms with Crippen LogP contribution < -0.4 is 11.2 Å². The van der Waals surface area contributed by atoms with E-state index < -0.39 is 5.91 Å². The molecule has 1 saturated heterocycles. The molecule has 1 rings (SSSR count). The minimum atomic E-state index is -0.475. The Kier molecular flexibility index (Phi) is 4.74. The van der Waals surface area contributed by atoms with Crippen molar-refractivity contribution in [3.05, 3.63) is 0 Å². The van der Waals surface area contributed by atoms with Crippen LogP contribution >= 0.6 is 0 Å². The minimum absolute atomic E-state index is 0.0906. The van der Waals surface area contributed by atoms with Crippen LogP contribution in [-0.4, -0.2) is 31.8 Å². The standard InChI is InChI=1S/C8H16N2O3/c9-8(11)6-13-10-5-7-3-1-2-4-12-7/h7,10H,1-6H2,(H2,9,11). The number of carbonyl (C=O) groups excluding carboxylic acids is 1. The van der Waals surface area contributed by atoms with Gasteiger partial charge in [0.1, 0.15) is 6.61 Å². The molecule has 5 heteroatoms. The van der Waals surface area contributed by atoms with E-state index in [2.05, 4.69) is 5.48 Å². The lowest BCUT2D eigenvalue weighted by Crippen LogP contribution is -2.34. The SMILES string of the molecule is NC(=O)CONCC1CCCCO1. The monoisotopic (exact) mass is 188 g/mol. The molecule has 1 aliphatic rings. The number of hydrogen-bond donors (Lipinski definition) is 2. The second-order valence-corrected chi connectivity index (χ2v) is 3.09. The molecule has 1 heterocycles. The molecule has 1 fully saturated rings. The van der Waals surface area contributed by atoms with Gasteiger partial charge in [0.05, 0.1) is 6.10 Å². The van der Waals surface area contributed by atoms with E-state index in [1.807, 2.05) is 0 Å². The van der Waals surface area contributed by atoms with Gasteiger partial charge in [0.25, 0.3) is 0 Å². The van der Waals surface area contributed by atoms with Gasteiger partial charge >= 0.3 is 0 Å². The van der Waals surface area contributed by atoms with Gasteiger partial charge in [-0.2, -0.15) is 5.48 Å². The van der Waals surface area contributed by atoms with E-state index in [9.17, 15) is 4.79 Å². The molecule has 5 nitrogen and oxygen atoms in total. The Bertz CT molecular complexity index is 157. The van der Waals surface area contributed by atoms with E-state index in [1.54, 1.807) is 0 Å². The highest BCUT2D eigenvalue weighted by molar-refractivity contribution is 5.74. The predicted octanol–water partition coefficient (Wildman–Crippen LogP) is -0.438. The molecule has 0 aromatic carbocycles. The third-order valence-electron chi connectivity index (χ3n) is 1.90. The van der Waals surface area contributed by atoms with Gasteiger partial charge in [0.15, 0.2) is 0 Å². The Morgan fingerprint density at radius 2 is 2.46 bits per heavy atom. The molecule has 1 atom stereocenters.